The fourth-order valence-electron chi connectivity index (χ4n) is 6.16. The Morgan fingerprint density at radius 1 is 0.787 bits per heavy atom. The molecule has 0 bridgehead atoms. The number of nitrogens with one attached hydrogen (secondary N) is 3. The zero-order chi connectivity index (χ0) is 34.8. The van der Waals surface area contributed by atoms with Crippen LogP contribution in [0.2, 0.25) is 50.4 Å². The number of aryl methyl sites for hydroxylation is 2. The molecule has 0 atom stereocenters. The molecular formula is C34H56N6O3S2Si2. The number of amides is 1. The molecule has 4 aromatic heterocycles. The van der Waals surface area contributed by atoms with Crippen LogP contribution in [0.15, 0.2) is 0 Å². The Morgan fingerprint density at radius 3 is 1.57 bits per heavy atom. The minimum absolute atomic E-state index is 0.0326. The largest absolute Gasteiger partial charge is 0.477 e. The molecule has 0 unspecified atom stereocenters. The summed E-state index contributed by atoms with van der Waals surface area (Å²) in [5.74, 6) is -0.0929. The van der Waals surface area contributed by atoms with E-state index in [2.05, 4.69) is 74.2 Å². The first-order valence-corrected chi connectivity index (χ1v) is 25.6. The normalized spacial score (nSPS) is 18.2. The van der Waals surface area contributed by atoms with E-state index in [4.69, 9.17) is 15.8 Å². The molecule has 260 valence electrons. The van der Waals surface area contributed by atoms with Crippen molar-refractivity contribution in [2.24, 2.45) is 5.73 Å². The van der Waals surface area contributed by atoms with E-state index >= 15 is 0 Å². The van der Waals surface area contributed by atoms with Crippen molar-refractivity contribution in [3.8, 4) is 0 Å². The lowest BCUT2D eigenvalue weighted by molar-refractivity contribution is 0.0690. The highest BCUT2D eigenvalue weighted by Gasteiger charge is 2.30. The number of hydrogen-bond acceptors (Lipinski definition) is 7. The Balaban J connectivity index is 0.000000178. The number of fused-ring (bicyclic) bond motifs is 2. The lowest BCUT2D eigenvalue weighted by Crippen LogP contribution is -2.42. The van der Waals surface area contributed by atoms with E-state index in [-0.39, 0.29) is 11.6 Å². The number of H-pyrrole nitrogens is 2. The number of rotatable bonds is 5. The van der Waals surface area contributed by atoms with Crippen molar-refractivity contribution in [2.75, 3.05) is 0 Å². The Labute approximate surface area is 290 Å². The third kappa shape index (κ3) is 9.43. The summed E-state index contributed by atoms with van der Waals surface area (Å²) in [7, 11) is -1.69. The summed E-state index contributed by atoms with van der Waals surface area (Å²) in [6, 6.07) is 6.41. The monoisotopic (exact) mass is 716 g/mol. The number of carboxylic acids is 1. The van der Waals surface area contributed by atoms with Crippen molar-refractivity contribution in [2.45, 2.75) is 142 Å². The number of nitrogens with two attached hydrogens (primary N) is 1. The van der Waals surface area contributed by atoms with Crippen molar-refractivity contribution in [1.29, 1.82) is 0 Å². The smallest absolute Gasteiger partial charge is 0.352 e. The minimum Gasteiger partial charge on any atom is -0.477 e. The average Bonchev–Trinajstić information content (AvgIpc) is 3.74. The lowest BCUT2D eigenvalue weighted by atomic mass is 10.1. The highest BCUT2D eigenvalue weighted by atomic mass is 32.1. The first-order valence-electron chi connectivity index (χ1n) is 17.1. The molecule has 6 heterocycles. The van der Waals surface area contributed by atoms with Gasteiger partial charge in [-0.1, -0.05) is 78.1 Å². The Bertz CT molecular complexity index is 1680. The van der Waals surface area contributed by atoms with Crippen LogP contribution in [0.25, 0.3) is 20.7 Å². The van der Waals surface area contributed by atoms with Crippen molar-refractivity contribution in [3.63, 3.8) is 0 Å². The van der Waals surface area contributed by atoms with Gasteiger partial charge in [0.2, 0.25) is 0 Å². The van der Waals surface area contributed by atoms with Crippen LogP contribution >= 0.6 is 22.7 Å². The van der Waals surface area contributed by atoms with Crippen molar-refractivity contribution >= 4 is 71.4 Å². The summed E-state index contributed by atoms with van der Waals surface area (Å²) >= 11 is 3.19. The van der Waals surface area contributed by atoms with Gasteiger partial charge in [-0.25, -0.2) is 14.8 Å². The average molecular weight is 717 g/mol. The van der Waals surface area contributed by atoms with E-state index in [1.807, 2.05) is 6.92 Å². The minimum atomic E-state index is -0.974. The highest BCUT2D eigenvalue weighted by molar-refractivity contribution is 7.18. The van der Waals surface area contributed by atoms with Gasteiger partial charge in [0.25, 0.3) is 5.91 Å². The van der Waals surface area contributed by atoms with Gasteiger partial charge in [-0.3, -0.25) is 4.79 Å². The molecule has 6 rings (SSSR count). The van der Waals surface area contributed by atoms with Crippen molar-refractivity contribution in [1.82, 2.24) is 25.3 Å². The Morgan fingerprint density at radius 2 is 1.19 bits per heavy atom. The molecule has 6 N–H and O–H groups in total. The number of aromatic nitrogens is 4. The molecule has 13 heteroatoms. The fraction of sp³-hybridized carbons (Fsp3) is 0.647. The molecule has 2 saturated heterocycles. The molecule has 0 saturated carbocycles. The summed E-state index contributed by atoms with van der Waals surface area (Å²) in [4.78, 5) is 40.7. The van der Waals surface area contributed by atoms with Gasteiger partial charge in [-0.2, -0.15) is 0 Å². The Hall–Kier alpha value is -2.33. The van der Waals surface area contributed by atoms with E-state index in [9.17, 15) is 9.59 Å². The van der Waals surface area contributed by atoms with Crippen LogP contribution in [0, 0.1) is 13.8 Å². The number of carbonyl (C=O) groups excluding carboxylic acids is 1. The SMILES string of the molecule is C[Si]1(C)CCC(N)CC1.Cc1c(C(=O)NC2CC[Si](C)(C)CC2)[nH]c2sc(C(C)C)nc12.Cc1c(C(=O)O)[nH]c2sc(C(C)C)nc12. The van der Waals surface area contributed by atoms with Crippen LogP contribution in [0.3, 0.4) is 0 Å². The molecule has 0 radical (unpaired) electrons. The lowest BCUT2D eigenvalue weighted by Gasteiger charge is -2.33. The van der Waals surface area contributed by atoms with Gasteiger partial charge >= 0.3 is 5.97 Å². The first kappa shape index (κ1) is 37.5. The molecule has 2 aliphatic heterocycles. The quantitative estimate of drug-likeness (QED) is 0.130. The van der Waals surface area contributed by atoms with Crippen LogP contribution in [-0.4, -0.2) is 65.2 Å². The zero-order valence-electron chi connectivity index (χ0n) is 30.0. The van der Waals surface area contributed by atoms with Crippen LogP contribution in [-0.2, 0) is 0 Å². The second-order valence-corrected chi connectivity index (χ2v) is 28.5. The third-order valence-corrected chi connectivity index (χ3v) is 18.8. The van der Waals surface area contributed by atoms with Crippen molar-refractivity contribution in [3.05, 3.63) is 32.5 Å². The molecule has 47 heavy (non-hydrogen) atoms. The number of hydrogen-bond donors (Lipinski definition) is 5. The maximum Gasteiger partial charge on any atom is 0.352 e. The van der Waals surface area contributed by atoms with E-state index in [0.717, 1.165) is 54.7 Å². The highest BCUT2D eigenvalue weighted by Crippen LogP contribution is 2.33. The molecule has 0 spiro atoms. The first-order chi connectivity index (χ1) is 21.9. The van der Waals surface area contributed by atoms with Crippen molar-refractivity contribution < 1.29 is 14.7 Å². The van der Waals surface area contributed by atoms with Crippen LogP contribution in [0.1, 0.15) is 107 Å². The third-order valence-electron chi connectivity index (χ3n) is 9.71. The molecule has 2 fully saturated rings. The summed E-state index contributed by atoms with van der Waals surface area (Å²) in [5, 5.41) is 14.3. The number of thiazole rings is 2. The van der Waals surface area contributed by atoms with Gasteiger partial charge in [0, 0.05) is 51.2 Å². The predicted molar refractivity (Wildman–Crippen MR) is 204 cm³/mol. The fourth-order valence-corrected chi connectivity index (χ4v) is 13.3. The standard InChI is InChI=1S/C17H27N3OSSi.C10H12N2O2S.C7H17NSi/c1-10(2)16-20-14-11(3)13(19-17(14)22-16)15(21)18-12-6-8-23(4,5)9-7-12;1-4(2)8-11-6-5(3)7(10(13)14)12-9(6)15-8;1-9(2)5-3-7(8)4-6-9/h10,12,19H,6-9H2,1-5H3,(H,18,21);4,12H,1-3H3,(H,13,14);7H,3-6,8H2,1-2H3. The summed E-state index contributed by atoms with van der Waals surface area (Å²) in [6.45, 7) is 22.1. The Kier molecular flexibility index (Phi) is 12.0. The van der Waals surface area contributed by atoms with Gasteiger partial charge in [-0.15, -0.1) is 22.7 Å². The second kappa shape index (κ2) is 15.1. The van der Waals surface area contributed by atoms with Gasteiger partial charge in [-0.05, 0) is 39.5 Å². The second-order valence-electron chi connectivity index (χ2n) is 15.7. The predicted octanol–water partition coefficient (Wildman–Crippen LogP) is 9.23. The molecule has 9 nitrogen and oxygen atoms in total. The zero-order valence-corrected chi connectivity index (χ0v) is 33.7. The maximum atomic E-state index is 12.6. The number of aromatic carboxylic acids is 1. The number of carboxylic acid groups (broad SMARTS) is 1. The van der Waals surface area contributed by atoms with Gasteiger partial charge in [0.15, 0.2) is 0 Å². The van der Waals surface area contributed by atoms with E-state index in [1.165, 1.54) is 48.4 Å². The molecule has 0 aliphatic carbocycles. The summed E-state index contributed by atoms with van der Waals surface area (Å²) in [5.41, 5.74) is 10.2. The van der Waals surface area contributed by atoms with Crippen LogP contribution < -0.4 is 11.1 Å². The molecule has 2 aliphatic rings. The van der Waals surface area contributed by atoms with Gasteiger partial charge in [0.1, 0.15) is 32.1 Å². The van der Waals surface area contributed by atoms with E-state index in [1.54, 1.807) is 18.3 Å². The maximum absolute atomic E-state index is 12.6. The van der Waals surface area contributed by atoms with Gasteiger partial charge < -0.3 is 26.1 Å². The molecule has 4 aromatic rings. The number of nitrogens with zero attached hydrogens (tertiary/aromatic N) is 2. The van der Waals surface area contributed by atoms with Crippen LogP contribution in [0.5, 0.6) is 0 Å². The van der Waals surface area contributed by atoms with Crippen LogP contribution in [0.4, 0.5) is 0 Å². The number of carbonyl (C=O) groups is 2. The van der Waals surface area contributed by atoms with Gasteiger partial charge in [0.05, 0.1) is 10.0 Å². The molecular weight excluding hydrogens is 661 g/mol. The molecule has 1 amide bonds. The van der Waals surface area contributed by atoms with E-state index < -0.39 is 22.1 Å². The summed E-state index contributed by atoms with van der Waals surface area (Å²) in [6.07, 6.45) is 4.85. The number of aromatic amines is 2. The van der Waals surface area contributed by atoms with E-state index in [0.29, 0.717) is 29.6 Å². The summed E-state index contributed by atoms with van der Waals surface area (Å²) < 4.78 is 0. The topological polar surface area (TPSA) is 150 Å². The molecule has 0 aromatic carbocycles.